The molecule has 0 aliphatic rings. The van der Waals surface area contributed by atoms with Crippen LogP contribution in [0.5, 0.6) is 0 Å². The second-order valence-electron chi connectivity index (χ2n) is 4.40. The second kappa shape index (κ2) is 6.15. The van der Waals surface area contributed by atoms with Crippen LogP contribution >= 0.6 is 15.9 Å². The summed E-state index contributed by atoms with van der Waals surface area (Å²) in [4.78, 5) is 0. The molecule has 11 heteroatoms. The van der Waals surface area contributed by atoms with Crippen LogP contribution in [0.2, 0.25) is 0 Å². The van der Waals surface area contributed by atoms with E-state index in [4.69, 9.17) is 0 Å². The SMILES string of the molecule is COCc1[c]c(Br)cc(C(F)(C(F)(F)F)C(F)(F)C(F)(F)F)c1. The van der Waals surface area contributed by atoms with Crippen molar-refractivity contribution in [1.29, 1.82) is 0 Å². The average Bonchev–Trinajstić information content (AvgIpc) is 2.34. The Bertz CT molecular complexity index is 567. The Morgan fingerprint density at radius 2 is 1.48 bits per heavy atom. The largest absolute Gasteiger partial charge is 0.457 e. The number of benzene rings is 1. The van der Waals surface area contributed by atoms with Gasteiger partial charge in [-0.1, -0.05) is 15.9 Å². The van der Waals surface area contributed by atoms with Crippen molar-refractivity contribution >= 4 is 15.9 Å². The normalized spacial score (nSPS) is 16.3. The first-order chi connectivity index (χ1) is 10.2. The number of halogens is 10. The molecule has 0 N–H and O–H groups in total. The Kier molecular flexibility index (Phi) is 5.37. The zero-order chi connectivity index (χ0) is 18.3. The Morgan fingerprint density at radius 3 is 1.87 bits per heavy atom. The van der Waals surface area contributed by atoms with E-state index < -0.39 is 40.6 Å². The molecule has 1 radical (unpaired) electrons. The Labute approximate surface area is 132 Å². The summed E-state index contributed by atoms with van der Waals surface area (Å²) in [7, 11) is 1.09. The van der Waals surface area contributed by atoms with Crippen LogP contribution in [0.15, 0.2) is 16.6 Å². The monoisotopic (exact) mass is 417 g/mol. The third kappa shape index (κ3) is 3.44. The third-order valence-electron chi connectivity index (χ3n) is 2.77. The number of alkyl halides is 9. The van der Waals surface area contributed by atoms with Gasteiger partial charge < -0.3 is 4.74 Å². The van der Waals surface area contributed by atoms with Gasteiger partial charge in [0.25, 0.3) is 0 Å². The van der Waals surface area contributed by atoms with Gasteiger partial charge in [0, 0.05) is 23.2 Å². The zero-order valence-corrected chi connectivity index (χ0v) is 12.6. The molecule has 1 atom stereocenters. The van der Waals surface area contributed by atoms with Crippen molar-refractivity contribution < 1.29 is 44.3 Å². The standard InChI is InChI=1S/C12H7BrF9O/c1-23-5-6-2-7(4-8(13)3-6)9(14,11(17,18)19)10(15,16)12(20,21)22/h2,4H,5H2,1H3. The van der Waals surface area contributed by atoms with Crippen molar-refractivity contribution in [2.75, 3.05) is 7.11 Å². The minimum atomic E-state index is -6.76. The van der Waals surface area contributed by atoms with Gasteiger partial charge in [-0.3, -0.25) is 0 Å². The lowest BCUT2D eigenvalue weighted by atomic mass is 9.87. The van der Waals surface area contributed by atoms with E-state index in [0.717, 1.165) is 7.11 Å². The van der Waals surface area contributed by atoms with E-state index in [1.54, 1.807) is 0 Å². The van der Waals surface area contributed by atoms with Crippen LogP contribution in [0.25, 0.3) is 0 Å². The summed E-state index contributed by atoms with van der Waals surface area (Å²) in [6.45, 7) is -0.474. The highest BCUT2D eigenvalue weighted by Crippen LogP contribution is 2.58. The summed E-state index contributed by atoms with van der Waals surface area (Å²) in [6.07, 6.45) is -13.3. The van der Waals surface area contributed by atoms with E-state index in [1.165, 1.54) is 0 Å². The van der Waals surface area contributed by atoms with Crippen molar-refractivity contribution in [3.8, 4) is 0 Å². The highest BCUT2D eigenvalue weighted by atomic mass is 79.9. The van der Waals surface area contributed by atoms with Crippen LogP contribution in [0, 0.1) is 6.07 Å². The quantitative estimate of drug-likeness (QED) is 0.602. The molecule has 1 unspecified atom stereocenters. The molecule has 1 aromatic rings. The summed E-state index contributed by atoms with van der Waals surface area (Å²) in [6, 6.07) is 2.65. The second-order valence-corrected chi connectivity index (χ2v) is 5.26. The molecule has 0 spiro atoms. The average molecular weight is 418 g/mol. The number of ether oxygens (including phenoxy) is 1. The molecule has 0 amide bonds. The van der Waals surface area contributed by atoms with E-state index in [9.17, 15) is 39.5 Å². The Hall–Kier alpha value is -0.970. The van der Waals surface area contributed by atoms with Gasteiger partial charge in [0.15, 0.2) is 0 Å². The van der Waals surface area contributed by atoms with Crippen LogP contribution in [-0.4, -0.2) is 25.4 Å². The van der Waals surface area contributed by atoms with Crippen molar-refractivity contribution in [1.82, 2.24) is 0 Å². The van der Waals surface area contributed by atoms with E-state index in [-0.39, 0.29) is 17.7 Å². The molecule has 0 heterocycles. The van der Waals surface area contributed by atoms with Gasteiger partial charge in [0.2, 0.25) is 0 Å². The van der Waals surface area contributed by atoms with Gasteiger partial charge in [-0.05, 0) is 17.7 Å². The Morgan fingerprint density at radius 1 is 0.957 bits per heavy atom. The summed E-state index contributed by atoms with van der Waals surface area (Å²) in [5.41, 5.74) is -8.23. The van der Waals surface area contributed by atoms with Crippen LogP contribution in [-0.2, 0) is 17.0 Å². The molecule has 1 rings (SSSR count). The predicted octanol–water partition coefficient (Wildman–Crippen LogP) is 5.32. The smallest absolute Gasteiger partial charge is 0.380 e. The molecule has 131 valence electrons. The van der Waals surface area contributed by atoms with Crippen molar-refractivity contribution in [3.05, 3.63) is 33.8 Å². The molecule has 0 aliphatic heterocycles. The highest BCUT2D eigenvalue weighted by Gasteiger charge is 2.81. The molecule has 23 heavy (non-hydrogen) atoms. The Balaban J connectivity index is 3.69. The van der Waals surface area contributed by atoms with E-state index in [1.807, 2.05) is 0 Å². The molecule has 0 fully saturated rings. The fourth-order valence-electron chi connectivity index (χ4n) is 1.74. The summed E-state index contributed by atoms with van der Waals surface area (Å²) >= 11 is 2.59. The van der Waals surface area contributed by atoms with Gasteiger partial charge in [-0.15, -0.1) is 0 Å². The molecule has 1 aromatic carbocycles. The lowest BCUT2D eigenvalue weighted by Gasteiger charge is -2.36. The summed E-state index contributed by atoms with van der Waals surface area (Å²) < 4.78 is 121. The van der Waals surface area contributed by atoms with Crippen LogP contribution in [0.3, 0.4) is 0 Å². The molecule has 0 bridgehead atoms. The highest BCUT2D eigenvalue weighted by molar-refractivity contribution is 9.10. The van der Waals surface area contributed by atoms with Gasteiger partial charge >= 0.3 is 23.9 Å². The molecule has 0 saturated carbocycles. The summed E-state index contributed by atoms with van der Waals surface area (Å²) in [5, 5.41) is 0. The zero-order valence-electron chi connectivity index (χ0n) is 11.0. The number of hydrogen-bond acceptors (Lipinski definition) is 1. The first-order valence-electron chi connectivity index (χ1n) is 5.59. The molecule has 1 nitrogen and oxygen atoms in total. The van der Waals surface area contributed by atoms with Gasteiger partial charge in [-0.2, -0.15) is 35.1 Å². The fourth-order valence-corrected chi connectivity index (χ4v) is 2.24. The third-order valence-corrected chi connectivity index (χ3v) is 3.20. The molecule has 0 saturated heterocycles. The van der Waals surface area contributed by atoms with Crippen LogP contribution in [0.1, 0.15) is 11.1 Å². The molecular formula is C12H7BrF9O. The van der Waals surface area contributed by atoms with Crippen molar-refractivity contribution in [3.63, 3.8) is 0 Å². The molecular weight excluding hydrogens is 411 g/mol. The van der Waals surface area contributed by atoms with Gasteiger partial charge in [-0.25, -0.2) is 4.39 Å². The van der Waals surface area contributed by atoms with Crippen LogP contribution in [0.4, 0.5) is 39.5 Å². The predicted molar refractivity (Wildman–Crippen MR) is 63.5 cm³/mol. The van der Waals surface area contributed by atoms with E-state index in [0.29, 0.717) is 0 Å². The van der Waals surface area contributed by atoms with Crippen molar-refractivity contribution in [2.24, 2.45) is 0 Å². The minimum absolute atomic E-state index is 0.159. The number of hydrogen-bond donors (Lipinski definition) is 0. The maximum absolute atomic E-state index is 14.2. The maximum atomic E-state index is 14.2. The lowest BCUT2D eigenvalue weighted by molar-refractivity contribution is -0.389. The van der Waals surface area contributed by atoms with Crippen LogP contribution < -0.4 is 0 Å². The first kappa shape index (κ1) is 20.1. The summed E-state index contributed by atoms with van der Waals surface area (Å²) in [5.74, 6) is -6.70. The van der Waals surface area contributed by atoms with Gasteiger partial charge in [0.1, 0.15) is 0 Å². The fraction of sp³-hybridized carbons (Fsp3) is 0.500. The topological polar surface area (TPSA) is 9.23 Å². The molecule has 0 aliphatic carbocycles. The molecule has 0 aromatic heterocycles. The van der Waals surface area contributed by atoms with Gasteiger partial charge in [0.05, 0.1) is 6.61 Å². The minimum Gasteiger partial charge on any atom is -0.380 e. The van der Waals surface area contributed by atoms with Crippen molar-refractivity contribution in [2.45, 2.75) is 30.6 Å². The van der Waals surface area contributed by atoms with E-state index in [2.05, 4.69) is 26.7 Å². The lowest BCUT2D eigenvalue weighted by Crippen LogP contribution is -2.59. The first-order valence-corrected chi connectivity index (χ1v) is 6.39. The van der Waals surface area contributed by atoms with E-state index >= 15 is 0 Å². The maximum Gasteiger partial charge on any atom is 0.457 e. The number of rotatable bonds is 4. The number of methoxy groups -OCH3 is 1.